The van der Waals surface area contributed by atoms with E-state index in [1.807, 2.05) is 0 Å². The predicted molar refractivity (Wildman–Crippen MR) is 127 cm³/mol. The van der Waals surface area contributed by atoms with Gasteiger partial charge in [-0.1, -0.05) is 53.0 Å². The molecule has 0 aliphatic carbocycles. The van der Waals surface area contributed by atoms with Crippen molar-refractivity contribution in [2.75, 3.05) is 13.1 Å². The number of ketones is 1. The van der Waals surface area contributed by atoms with Gasteiger partial charge >= 0.3 is 0 Å². The number of fused-ring (bicyclic) bond motifs is 1. The summed E-state index contributed by atoms with van der Waals surface area (Å²) in [6.07, 6.45) is 1.20. The maximum absolute atomic E-state index is 14.7. The number of alkyl halides is 3. The SMILES string of the molecule is O=C(NCCNC(=O)c1ccccc1)C(=O)c1c[nH]c2c(-c3nnc(C(Cl)(Cl)Cl)o3)ccc(F)c12. The van der Waals surface area contributed by atoms with Crippen molar-refractivity contribution in [2.45, 2.75) is 3.79 Å². The van der Waals surface area contributed by atoms with E-state index in [0.29, 0.717) is 5.56 Å². The summed E-state index contributed by atoms with van der Waals surface area (Å²) < 4.78 is 18.1. The minimum Gasteiger partial charge on any atom is -0.416 e. The molecule has 0 aliphatic heterocycles. The molecule has 0 fully saturated rings. The van der Waals surface area contributed by atoms with E-state index >= 15 is 0 Å². The Morgan fingerprint density at radius 2 is 1.71 bits per heavy atom. The number of Topliss-reactive ketones (excluding diaryl/α,β-unsaturated/α-hetero) is 1. The monoisotopic (exact) mass is 537 g/mol. The van der Waals surface area contributed by atoms with Crippen LogP contribution in [0.4, 0.5) is 4.39 Å². The quantitative estimate of drug-likeness (QED) is 0.142. The highest BCUT2D eigenvalue weighted by Gasteiger charge is 2.31. The Balaban J connectivity index is 1.47. The highest BCUT2D eigenvalue weighted by atomic mass is 35.6. The average Bonchev–Trinajstić information content (AvgIpc) is 3.50. The molecular formula is C22H15Cl3FN5O4. The van der Waals surface area contributed by atoms with Crippen molar-refractivity contribution in [3.8, 4) is 11.5 Å². The Morgan fingerprint density at radius 1 is 1.00 bits per heavy atom. The van der Waals surface area contributed by atoms with E-state index < -0.39 is 21.3 Å². The lowest BCUT2D eigenvalue weighted by molar-refractivity contribution is -0.116. The minimum absolute atomic E-state index is 0.0129. The van der Waals surface area contributed by atoms with E-state index in [4.69, 9.17) is 39.2 Å². The molecule has 13 heteroatoms. The van der Waals surface area contributed by atoms with Gasteiger partial charge in [0, 0.05) is 30.2 Å². The molecule has 2 aromatic carbocycles. The number of halogens is 4. The topological polar surface area (TPSA) is 130 Å². The van der Waals surface area contributed by atoms with Gasteiger partial charge in [0.15, 0.2) is 0 Å². The number of hydrogen-bond acceptors (Lipinski definition) is 6. The first kappa shape index (κ1) is 24.6. The summed E-state index contributed by atoms with van der Waals surface area (Å²) in [6.45, 7) is 0.0723. The Labute approximate surface area is 211 Å². The van der Waals surface area contributed by atoms with Crippen LogP contribution in [0.15, 0.2) is 53.1 Å². The van der Waals surface area contributed by atoms with Gasteiger partial charge in [0.25, 0.3) is 27.3 Å². The van der Waals surface area contributed by atoms with Crippen molar-refractivity contribution in [3.63, 3.8) is 0 Å². The molecule has 2 heterocycles. The summed E-state index contributed by atoms with van der Waals surface area (Å²) >= 11 is 17.2. The zero-order valence-corrected chi connectivity index (χ0v) is 19.8. The van der Waals surface area contributed by atoms with E-state index in [1.165, 1.54) is 12.3 Å². The molecule has 4 aromatic rings. The summed E-state index contributed by atoms with van der Waals surface area (Å²) in [5.41, 5.74) is 0.627. The lowest BCUT2D eigenvalue weighted by atomic mass is 10.0. The van der Waals surface area contributed by atoms with Crippen LogP contribution in [0.5, 0.6) is 0 Å². The van der Waals surface area contributed by atoms with Gasteiger partial charge in [0.05, 0.1) is 16.6 Å². The van der Waals surface area contributed by atoms with Gasteiger partial charge in [-0.2, -0.15) is 0 Å². The predicted octanol–water partition coefficient (Wildman–Crippen LogP) is 3.91. The maximum atomic E-state index is 14.7. The number of nitrogens with zero attached hydrogens (tertiary/aromatic N) is 2. The number of H-pyrrole nitrogens is 1. The Morgan fingerprint density at radius 3 is 2.40 bits per heavy atom. The van der Waals surface area contributed by atoms with Crippen molar-refractivity contribution in [2.24, 2.45) is 0 Å². The van der Waals surface area contributed by atoms with Gasteiger partial charge in [-0.25, -0.2) is 4.39 Å². The molecule has 4 rings (SSSR count). The second kappa shape index (κ2) is 10.0. The van der Waals surface area contributed by atoms with Gasteiger partial charge in [0.1, 0.15) is 5.82 Å². The third kappa shape index (κ3) is 5.29. The number of aromatic amines is 1. The maximum Gasteiger partial charge on any atom is 0.292 e. The minimum atomic E-state index is -1.96. The van der Waals surface area contributed by atoms with Crippen LogP contribution >= 0.6 is 34.8 Å². The highest BCUT2D eigenvalue weighted by Crippen LogP contribution is 2.39. The third-order valence-corrected chi connectivity index (χ3v) is 5.35. The van der Waals surface area contributed by atoms with Crippen LogP contribution in [0.1, 0.15) is 26.6 Å². The first-order valence-electron chi connectivity index (χ1n) is 10.0. The number of nitrogens with one attached hydrogen (secondary N) is 3. The van der Waals surface area contributed by atoms with Crippen molar-refractivity contribution < 1.29 is 23.2 Å². The normalized spacial score (nSPS) is 11.4. The van der Waals surface area contributed by atoms with E-state index in [-0.39, 0.29) is 52.8 Å². The molecule has 2 amide bonds. The molecule has 2 aromatic heterocycles. The third-order valence-electron chi connectivity index (χ3n) is 4.87. The second-order valence-corrected chi connectivity index (χ2v) is 9.45. The molecule has 0 saturated heterocycles. The van der Waals surface area contributed by atoms with Crippen molar-refractivity contribution in [3.05, 3.63) is 71.5 Å². The van der Waals surface area contributed by atoms with E-state index in [9.17, 15) is 18.8 Å². The largest absolute Gasteiger partial charge is 0.416 e. The molecule has 3 N–H and O–H groups in total. The second-order valence-electron chi connectivity index (χ2n) is 7.16. The smallest absolute Gasteiger partial charge is 0.292 e. The van der Waals surface area contributed by atoms with Crippen molar-refractivity contribution >= 4 is 63.3 Å². The first-order valence-corrected chi connectivity index (χ1v) is 11.2. The molecular weight excluding hydrogens is 524 g/mol. The van der Waals surface area contributed by atoms with Crippen LogP contribution < -0.4 is 10.6 Å². The number of hydrogen-bond donors (Lipinski definition) is 3. The number of amides is 2. The van der Waals surface area contributed by atoms with Crippen molar-refractivity contribution in [1.82, 2.24) is 25.8 Å². The molecule has 0 spiro atoms. The van der Waals surface area contributed by atoms with E-state index in [1.54, 1.807) is 30.3 Å². The highest BCUT2D eigenvalue weighted by molar-refractivity contribution is 6.66. The lowest BCUT2D eigenvalue weighted by Crippen LogP contribution is -2.37. The fourth-order valence-electron chi connectivity index (χ4n) is 3.26. The number of carbonyl (C=O) groups is 3. The molecule has 0 bridgehead atoms. The molecule has 9 nitrogen and oxygen atoms in total. The summed E-state index contributed by atoms with van der Waals surface area (Å²) in [6, 6.07) is 10.9. The molecule has 0 saturated carbocycles. The zero-order valence-electron chi connectivity index (χ0n) is 17.6. The fourth-order valence-corrected chi connectivity index (χ4v) is 3.49. The van der Waals surface area contributed by atoms with E-state index in [0.717, 1.165) is 6.07 Å². The van der Waals surface area contributed by atoms with Gasteiger partial charge in [-0.3, -0.25) is 14.4 Å². The molecule has 35 heavy (non-hydrogen) atoms. The standard InChI is InChI=1S/C22H15Cl3FN5O4/c23-22(24,25)21-31-30-20(35-21)12-6-7-14(26)15-13(10-29-16(12)15)17(32)19(34)28-9-8-27-18(33)11-4-2-1-3-5-11/h1-7,10,29H,8-9H2,(H,27,33)(H,28,34). The molecule has 0 radical (unpaired) electrons. The summed E-state index contributed by atoms with van der Waals surface area (Å²) in [5.74, 6) is -3.41. The van der Waals surface area contributed by atoms with Crippen LogP contribution in [0.25, 0.3) is 22.4 Å². The molecule has 0 unspecified atom stereocenters. The van der Waals surface area contributed by atoms with Gasteiger partial charge in [-0.05, 0) is 24.3 Å². The summed E-state index contributed by atoms with van der Waals surface area (Å²) in [7, 11) is 0. The van der Waals surface area contributed by atoms with Crippen LogP contribution in [-0.2, 0) is 8.59 Å². The lowest BCUT2D eigenvalue weighted by Gasteiger charge is -2.07. The van der Waals surface area contributed by atoms with Crippen LogP contribution in [0.2, 0.25) is 0 Å². The Hall–Kier alpha value is -3.47. The van der Waals surface area contributed by atoms with Gasteiger partial charge in [-0.15, -0.1) is 10.2 Å². The van der Waals surface area contributed by atoms with E-state index in [2.05, 4.69) is 25.8 Å². The number of carbonyl (C=O) groups excluding carboxylic acids is 3. The summed E-state index contributed by atoms with van der Waals surface area (Å²) in [5, 5.41) is 12.3. The number of benzene rings is 2. The average molecular weight is 539 g/mol. The zero-order chi connectivity index (χ0) is 25.2. The van der Waals surface area contributed by atoms with Crippen LogP contribution in [-0.4, -0.2) is 45.9 Å². The summed E-state index contributed by atoms with van der Waals surface area (Å²) in [4.78, 5) is 39.9. The molecule has 0 atom stereocenters. The van der Waals surface area contributed by atoms with Crippen LogP contribution in [0, 0.1) is 5.82 Å². The van der Waals surface area contributed by atoms with Crippen LogP contribution in [0.3, 0.4) is 0 Å². The Bertz CT molecular complexity index is 1420. The Kier molecular flexibility index (Phi) is 7.06. The number of rotatable bonds is 7. The number of aromatic nitrogens is 3. The molecule has 180 valence electrons. The van der Waals surface area contributed by atoms with Crippen molar-refractivity contribution in [1.29, 1.82) is 0 Å². The molecule has 0 aliphatic rings. The van der Waals surface area contributed by atoms with Gasteiger partial charge in [0.2, 0.25) is 5.89 Å². The fraction of sp³-hybridized carbons (Fsp3) is 0.136. The van der Waals surface area contributed by atoms with Gasteiger partial charge < -0.3 is 20.0 Å². The first-order chi connectivity index (χ1) is 16.7.